The van der Waals surface area contributed by atoms with Crippen LogP contribution in [0.3, 0.4) is 0 Å². The van der Waals surface area contributed by atoms with Gasteiger partial charge >= 0.3 is 0 Å². The Bertz CT molecular complexity index is 510. The minimum Gasteiger partial charge on any atom is -0.492 e. The van der Waals surface area contributed by atoms with Gasteiger partial charge in [-0.15, -0.1) is 0 Å². The van der Waals surface area contributed by atoms with E-state index in [0.29, 0.717) is 11.6 Å². The van der Waals surface area contributed by atoms with Crippen molar-refractivity contribution in [1.82, 2.24) is 9.78 Å². The van der Waals surface area contributed by atoms with Crippen LogP contribution >= 0.6 is 11.6 Å². The molecule has 2 N–H and O–H groups in total. The van der Waals surface area contributed by atoms with Crippen molar-refractivity contribution in [2.24, 2.45) is 5.73 Å². The average Bonchev–Trinajstić information content (AvgIpc) is 2.87. The first kappa shape index (κ1) is 13.9. The molecule has 0 aliphatic rings. The van der Waals surface area contributed by atoms with E-state index < -0.39 is 0 Å². The van der Waals surface area contributed by atoms with Crippen molar-refractivity contribution < 1.29 is 4.74 Å². The van der Waals surface area contributed by atoms with E-state index in [0.717, 1.165) is 24.3 Å². The summed E-state index contributed by atoms with van der Waals surface area (Å²) < 4.78 is 7.53. The fourth-order valence-corrected chi connectivity index (χ4v) is 1.86. The van der Waals surface area contributed by atoms with Crippen LogP contribution in [-0.2, 0) is 6.54 Å². The van der Waals surface area contributed by atoms with Crippen LogP contribution in [0.15, 0.2) is 36.7 Å². The van der Waals surface area contributed by atoms with Gasteiger partial charge in [0.05, 0.1) is 12.2 Å². The van der Waals surface area contributed by atoms with Crippen LogP contribution in [-0.4, -0.2) is 16.4 Å². The lowest BCUT2D eigenvalue weighted by molar-refractivity contribution is 0.290. The summed E-state index contributed by atoms with van der Waals surface area (Å²) in [5.41, 5.74) is 7.07. The molecule has 1 aromatic heterocycles. The second kappa shape index (κ2) is 6.59. The van der Waals surface area contributed by atoms with Crippen LogP contribution in [0, 0.1) is 0 Å². The summed E-state index contributed by atoms with van der Waals surface area (Å²) in [6.07, 6.45) is 4.82. The molecule has 2 rings (SSSR count). The molecule has 0 saturated carbocycles. The highest BCUT2D eigenvalue weighted by Crippen LogP contribution is 2.17. The highest BCUT2D eigenvalue weighted by molar-refractivity contribution is 6.30. The van der Waals surface area contributed by atoms with Crippen LogP contribution in [0.2, 0.25) is 5.02 Å². The van der Waals surface area contributed by atoms with Gasteiger partial charge in [0.1, 0.15) is 12.4 Å². The van der Waals surface area contributed by atoms with Gasteiger partial charge in [0, 0.05) is 23.3 Å². The first-order valence-electron chi connectivity index (χ1n) is 6.35. The Morgan fingerprint density at radius 2 is 2.11 bits per heavy atom. The second-order valence-corrected chi connectivity index (χ2v) is 4.84. The molecule has 0 aliphatic carbocycles. The lowest BCUT2D eigenvalue weighted by Crippen LogP contribution is -2.18. The molecule has 1 heterocycles. The number of benzene rings is 1. The standard InChI is InChI=1S/C14H18ClN3O/c1-2-7-18-9-11(8-17-18)14(16)10-19-13-5-3-12(15)4-6-13/h3-6,8-9,14H,2,7,10,16H2,1H3. The van der Waals surface area contributed by atoms with Gasteiger partial charge in [-0.25, -0.2) is 0 Å². The topological polar surface area (TPSA) is 53.1 Å². The first-order chi connectivity index (χ1) is 9.19. The van der Waals surface area contributed by atoms with Gasteiger partial charge in [-0.3, -0.25) is 4.68 Å². The van der Waals surface area contributed by atoms with Gasteiger partial charge in [-0.1, -0.05) is 18.5 Å². The molecule has 1 unspecified atom stereocenters. The van der Waals surface area contributed by atoms with Crippen molar-refractivity contribution in [3.8, 4) is 5.75 Å². The molecule has 0 fully saturated rings. The van der Waals surface area contributed by atoms with Gasteiger partial charge in [-0.2, -0.15) is 5.10 Å². The summed E-state index contributed by atoms with van der Waals surface area (Å²) >= 11 is 5.81. The molecule has 2 aromatic rings. The van der Waals surface area contributed by atoms with E-state index in [9.17, 15) is 0 Å². The maximum Gasteiger partial charge on any atom is 0.119 e. The molecule has 19 heavy (non-hydrogen) atoms. The maximum atomic E-state index is 6.08. The normalized spacial score (nSPS) is 12.4. The number of halogens is 1. The van der Waals surface area contributed by atoms with Crippen molar-refractivity contribution in [1.29, 1.82) is 0 Å². The zero-order valence-electron chi connectivity index (χ0n) is 10.9. The van der Waals surface area contributed by atoms with E-state index in [1.807, 2.05) is 23.0 Å². The van der Waals surface area contributed by atoms with Gasteiger partial charge in [0.25, 0.3) is 0 Å². The SMILES string of the molecule is CCCn1cc(C(N)COc2ccc(Cl)cc2)cn1. The van der Waals surface area contributed by atoms with Crippen molar-refractivity contribution in [2.75, 3.05) is 6.61 Å². The third-order valence-electron chi connectivity index (χ3n) is 2.78. The summed E-state index contributed by atoms with van der Waals surface area (Å²) in [5.74, 6) is 0.765. The third kappa shape index (κ3) is 3.98. The smallest absolute Gasteiger partial charge is 0.119 e. The van der Waals surface area contributed by atoms with Gasteiger partial charge in [0.15, 0.2) is 0 Å². The number of rotatable bonds is 6. The zero-order valence-corrected chi connectivity index (χ0v) is 11.7. The fourth-order valence-electron chi connectivity index (χ4n) is 1.74. The number of hydrogen-bond acceptors (Lipinski definition) is 3. The van der Waals surface area contributed by atoms with Crippen LogP contribution in [0.5, 0.6) is 5.75 Å². The summed E-state index contributed by atoms with van der Waals surface area (Å²) in [6.45, 7) is 3.44. The summed E-state index contributed by atoms with van der Waals surface area (Å²) in [7, 11) is 0. The molecule has 5 heteroatoms. The number of hydrogen-bond donors (Lipinski definition) is 1. The molecular weight excluding hydrogens is 262 g/mol. The van der Waals surface area contributed by atoms with Crippen molar-refractivity contribution in [3.63, 3.8) is 0 Å². The van der Waals surface area contributed by atoms with Crippen LogP contribution < -0.4 is 10.5 Å². The Kier molecular flexibility index (Phi) is 4.82. The van der Waals surface area contributed by atoms with Gasteiger partial charge in [-0.05, 0) is 30.7 Å². The minimum absolute atomic E-state index is 0.179. The largest absolute Gasteiger partial charge is 0.492 e. The van der Waals surface area contributed by atoms with Crippen molar-refractivity contribution >= 4 is 11.6 Å². The molecule has 0 amide bonds. The molecule has 0 aliphatic heterocycles. The Morgan fingerprint density at radius 1 is 1.37 bits per heavy atom. The average molecular weight is 280 g/mol. The zero-order chi connectivity index (χ0) is 13.7. The summed E-state index contributed by atoms with van der Waals surface area (Å²) in [6, 6.07) is 7.07. The number of aryl methyl sites for hydroxylation is 1. The fraction of sp³-hybridized carbons (Fsp3) is 0.357. The lowest BCUT2D eigenvalue weighted by atomic mass is 10.2. The second-order valence-electron chi connectivity index (χ2n) is 4.41. The van der Waals surface area contributed by atoms with E-state index in [4.69, 9.17) is 22.1 Å². The van der Waals surface area contributed by atoms with E-state index in [1.54, 1.807) is 18.3 Å². The van der Waals surface area contributed by atoms with Crippen LogP contribution in [0.25, 0.3) is 0 Å². The van der Waals surface area contributed by atoms with Gasteiger partial charge < -0.3 is 10.5 Å². The molecule has 4 nitrogen and oxygen atoms in total. The molecule has 0 spiro atoms. The molecule has 1 atom stereocenters. The quantitative estimate of drug-likeness (QED) is 0.884. The lowest BCUT2D eigenvalue weighted by Gasteiger charge is -2.11. The molecule has 1 aromatic carbocycles. The van der Waals surface area contributed by atoms with E-state index in [2.05, 4.69) is 12.0 Å². The predicted octanol–water partition coefficient (Wildman–Crippen LogP) is 3.03. The van der Waals surface area contributed by atoms with E-state index >= 15 is 0 Å². The van der Waals surface area contributed by atoms with Gasteiger partial charge in [0.2, 0.25) is 0 Å². The molecule has 0 radical (unpaired) electrons. The number of nitrogens with two attached hydrogens (primary N) is 1. The molecule has 0 saturated heterocycles. The number of nitrogens with zero attached hydrogens (tertiary/aromatic N) is 2. The summed E-state index contributed by atoms with van der Waals surface area (Å²) in [5, 5.41) is 4.95. The minimum atomic E-state index is -0.179. The van der Waals surface area contributed by atoms with Crippen LogP contribution in [0.4, 0.5) is 0 Å². The molecule has 102 valence electrons. The Balaban J connectivity index is 1.89. The predicted molar refractivity (Wildman–Crippen MR) is 76.4 cm³/mol. The summed E-state index contributed by atoms with van der Waals surface area (Å²) in [4.78, 5) is 0. The molecular formula is C14H18ClN3O. The Morgan fingerprint density at radius 3 is 2.79 bits per heavy atom. The Hall–Kier alpha value is -1.52. The third-order valence-corrected chi connectivity index (χ3v) is 3.03. The van der Waals surface area contributed by atoms with Crippen molar-refractivity contribution in [2.45, 2.75) is 25.9 Å². The van der Waals surface area contributed by atoms with Crippen molar-refractivity contribution in [3.05, 3.63) is 47.2 Å². The van der Waals surface area contributed by atoms with E-state index in [1.165, 1.54) is 0 Å². The highest BCUT2D eigenvalue weighted by atomic mass is 35.5. The highest BCUT2D eigenvalue weighted by Gasteiger charge is 2.09. The number of aromatic nitrogens is 2. The molecule has 0 bridgehead atoms. The van der Waals surface area contributed by atoms with E-state index in [-0.39, 0.29) is 6.04 Å². The Labute approximate surface area is 118 Å². The number of ether oxygens (including phenoxy) is 1. The monoisotopic (exact) mass is 279 g/mol. The maximum absolute atomic E-state index is 6.08. The van der Waals surface area contributed by atoms with Crippen LogP contribution in [0.1, 0.15) is 24.9 Å². The first-order valence-corrected chi connectivity index (χ1v) is 6.73.